The molecule has 1 saturated heterocycles. The van der Waals surface area contributed by atoms with Gasteiger partial charge in [0.05, 0.1) is 12.6 Å². The van der Waals surface area contributed by atoms with Crippen molar-refractivity contribution < 1.29 is 4.74 Å². The van der Waals surface area contributed by atoms with E-state index in [4.69, 9.17) is 4.74 Å². The highest BCUT2D eigenvalue weighted by Crippen LogP contribution is 2.19. The predicted molar refractivity (Wildman–Crippen MR) is 63.3 cm³/mol. The molecule has 15 heavy (non-hydrogen) atoms. The van der Waals surface area contributed by atoms with E-state index in [1.54, 1.807) is 0 Å². The van der Waals surface area contributed by atoms with E-state index in [1.165, 1.54) is 17.7 Å². The molecule has 2 heteroatoms. The molecule has 0 spiro atoms. The third-order valence-electron chi connectivity index (χ3n) is 2.83. The second-order valence-corrected chi connectivity index (χ2v) is 4.11. The summed E-state index contributed by atoms with van der Waals surface area (Å²) in [6.07, 6.45) is 3.47. The van der Waals surface area contributed by atoms with Gasteiger partial charge in [0.1, 0.15) is 0 Å². The number of benzene rings is 1. The molecule has 1 atom stereocenters. The number of anilines is 1. The number of para-hydroxylation sites is 1. The number of hydrogen-bond acceptors (Lipinski definition) is 2. The molecule has 1 aliphatic rings. The van der Waals surface area contributed by atoms with Crippen LogP contribution >= 0.6 is 0 Å². The molecular weight excluding hydrogens is 186 g/mol. The average molecular weight is 205 g/mol. The monoisotopic (exact) mass is 205 g/mol. The standard InChI is InChI=1S/C13H19NO/c1-2-5-11-6-3-4-7-13(11)14-12-8-9-15-10-12/h3-4,6-7,12,14H,2,5,8-10H2,1H3. The molecule has 0 aliphatic carbocycles. The molecule has 0 bridgehead atoms. The Morgan fingerprint density at radius 2 is 2.27 bits per heavy atom. The van der Waals surface area contributed by atoms with Gasteiger partial charge in [-0.05, 0) is 24.5 Å². The van der Waals surface area contributed by atoms with Crippen LogP contribution in [0.1, 0.15) is 25.3 Å². The molecule has 1 unspecified atom stereocenters. The Morgan fingerprint density at radius 3 is 3.00 bits per heavy atom. The van der Waals surface area contributed by atoms with E-state index in [0.717, 1.165) is 26.1 Å². The number of nitrogens with one attached hydrogen (secondary N) is 1. The van der Waals surface area contributed by atoms with Crippen LogP contribution in [0.15, 0.2) is 24.3 Å². The first kappa shape index (κ1) is 10.5. The zero-order valence-corrected chi connectivity index (χ0v) is 9.33. The first-order valence-corrected chi connectivity index (χ1v) is 5.82. The van der Waals surface area contributed by atoms with Crippen molar-refractivity contribution in [3.63, 3.8) is 0 Å². The highest BCUT2D eigenvalue weighted by molar-refractivity contribution is 5.51. The summed E-state index contributed by atoms with van der Waals surface area (Å²) in [4.78, 5) is 0. The first-order valence-electron chi connectivity index (χ1n) is 5.82. The largest absolute Gasteiger partial charge is 0.380 e. The van der Waals surface area contributed by atoms with Crippen molar-refractivity contribution in [2.24, 2.45) is 0 Å². The molecule has 0 saturated carbocycles. The highest BCUT2D eigenvalue weighted by atomic mass is 16.5. The average Bonchev–Trinajstić information content (AvgIpc) is 2.74. The van der Waals surface area contributed by atoms with E-state index >= 15 is 0 Å². The summed E-state index contributed by atoms with van der Waals surface area (Å²) in [7, 11) is 0. The van der Waals surface area contributed by atoms with Crippen LogP contribution in [-0.2, 0) is 11.2 Å². The van der Waals surface area contributed by atoms with Crippen LogP contribution in [-0.4, -0.2) is 19.3 Å². The normalized spacial score (nSPS) is 20.5. The molecule has 0 amide bonds. The van der Waals surface area contributed by atoms with Crippen LogP contribution in [0, 0.1) is 0 Å². The fourth-order valence-corrected chi connectivity index (χ4v) is 2.02. The first-order chi connectivity index (χ1) is 7.40. The molecule has 1 aromatic rings. The van der Waals surface area contributed by atoms with Gasteiger partial charge in [0.2, 0.25) is 0 Å². The molecule has 0 radical (unpaired) electrons. The van der Waals surface area contributed by atoms with Gasteiger partial charge in [-0.25, -0.2) is 0 Å². The van der Waals surface area contributed by atoms with Crippen molar-refractivity contribution in [3.8, 4) is 0 Å². The lowest BCUT2D eigenvalue weighted by Gasteiger charge is -2.15. The van der Waals surface area contributed by atoms with Crippen molar-refractivity contribution in [2.45, 2.75) is 32.2 Å². The summed E-state index contributed by atoms with van der Waals surface area (Å²) in [5.74, 6) is 0. The van der Waals surface area contributed by atoms with Crippen LogP contribution < -0.4 is 5.32 Å². The molecule has 1 N–H and O–H groups in total. The van der Waals surface area contributed by atoms with Gasteiger partial charge in [0.25, 0.3) is 0 Å². The van der Waals surface area contributed by atoms with E-state index in [2.05, 4.69) is 36.5 Å². The molecule has 2 nitrogen and oxygen atoms in total. The quantitative estimate of drug-likeness (QED) is 0.816. The van der Waals surface area contributed by atoms with Gasteiger partial charge in [-0.1, -0.05) is 31.5 Å². The van der Waals surface area contributed by atoms with Crippen LogP contribution in [0.5, 0.6) is 0 Å². The van der Waals surface area contributed by atoms with E-state index in [1.807, 2.05) is 0 Å². The Bertz CT molecular complexity index is 305. The minimum Gasteiger partial charge on any atom is -0.380 e. The Hall–Kier alpha value is -1.02. The lowest BCUT2D eigenvalue weighted by Crippen LogP contribution is -2.19. The summed E-state index contributed by atoms with van der Waals surface area (Å²) in [5, 5.41) is 3.57. The van der Waals surface area contributed by atoms with E-state index in [9.17, 15) is 0 Å². The molecule has 1 heterocycles. The third-order valence-corrected chi connectivity index (χ3v) is 2.83. The second-order valence-electron chi connectivity index (χ2n) is 4.11. The SMILES string of the molecule is CCCc1ccccc1NC1CCOC1. The number of rotatable bonds is 4. The van der Waals surface area contributed by atoms with Gasteiger partial charge >= 0.3 is 0 Å². The highest BCUT2D eigenvalue weighted by Gasteiger charge is 2.15. The van der Waals surface area contributed by atoms with Crippen molar-refractivity contribution in [2.75, 3.05) is 18.5 Å². The predicted octanol–water partition coefficient (Wildman–Crippen LogP) is 2.84. The molecule has 2 rings (SSSR count). The molecule has 1 aromatic carbocycles. The van der Waals surface area contributed by atoms with Crippen LogP contribution in [0.4, 0.5) is 5.69 Å². The smallest absolute Gasteiger partial charge is 0.0668 e. The van der Waals surface area contributed by atoms with Gasteiger partial charge in [0, 0.05) is 12.3 Å². The Balaban J connectivity index is 2.05. The maximum absolute atomic E-state index is 5.37. The van der Waals surface area contributed by atoms with Gasteiger partial charge in [-0.15, -0.1) is 0 Å². The number of ether oxygens (including phenoxy) is 1. The van der Waals surface area contributed by atoms with Crippen molar-refractivity contribution >= 4 is 5.69 Å². The van der Waals surface area contributed by atoms with Crippen molar-refractivity contribution in [1.29, 1.82) is 0 Å². The lowest BCUT2D eigenvalue weighted by atomic mass is 10.1. The van der Waals surface area contributed by atoms with Gasteiger partial charge in [0.15, 0.2) is 0 Å². The fraction of sp³-hybridized carbons (Fsp3) is 0.538. The fourth-order valence-electron chi connectivity index (χ4n) is 2.02. The van der Waals surface area contributed by atoms with Crippen molar-refractivity contribution in [3.05, 3.63) is 29.8 Å². The Kier molecular flexibility index (Phi) is 3.62. The third kappa shape index (κ3) is 2.72. The Labute approximate surface area is 91.6 Å². The van der Waals surface area contributed by atoms with E-state index in [-0.39, 0.29) is 0 Å². The van der Waals surface area contributed by atoms with Gasteiger partial charge in [-0.2, -0.15) is 0 Å². The number of aryl methyl sites for hydroxylation is 1. The molecule has 1 fully saturated rings. The Morgan fingerprint density at radius 1 is 1.40 bits per heavy atom. The minimum atomic E-state index is 0.503. The maximum atomic E-state index is 5.37. The topological polar surface area (TPSA) is 21.3 Å². The minimum absolute atomic E-state index is 0.503. The van der Waals surface area contributed by atoms with Gasteiger partial charge < -0.3 is 10.1 Å². The summed E-state index contributed by atoms with van der Waals surface area (Å²) >= 11 is 0. The summed E-state index contributed by atoms with van der Waals surface area (Å²) < 4.78 is 5.37. The zero-order chi connectivity index (χ0) is 10.5. The maximum Gasteiger partial charge on any atom is 0.0668 e. The molecular formula is C13H19NO. The summed E-state index contributed by atoms with van der Waals surface area (Å²) in [6, 6.07) is 9.09. The van der Waals surface area contributed by atoms with Gasteiger partial charge in [-0.3, -0.25) is 0 Å². The van der Waals surface area contributed by atoms with Crippen LogP contribution in [0.2, 0.25) is 0 Å². The van der Waals surface area contributed by atoms with E-state index in [0.29, 0.717) is 6.04 Å². The summed E-state index contributed by atoms with van der Waals surface area (Å²) in [6.45, 7) is 3.96. The second kappa shape index (κ2) is 5.17. The van der Waals surface area contributed by atoms with Crippen LogP contribution in [0.25, 0.3) is 0 Å². The van der Waals surface area contributed by atoms with Crippen molar-refractivity contribution in [1.82, 2.24) is 0 Å². The summed E-state index contributed by atoms with van der Waals surface area (Å²) in [5.41, 5.74) is 2.71. The molecule has 1 aliphatic heterocycles. The lowest BCUT2D eigenvalue weighted by molar-refractivity contribution is 0.195. The molecule has 82 valence electrons. The zero-order valence-electron chi connectivity index (χ0n) is 9.33. The number of hydrogen-bond donors (Lipinski definition) is 1. The molecule has 0 aromatic heterocycles. The van der Waals surface area contributed by atoms with Crippen LogP contribution in [0.3, 0.4) is 0 Å². The van der Waals surface area contributed by atoms with E-state index < -0.39 is 0 Å².